The summed E-state index contributed by atoms with van der Waals surface area (Å²) in [4.78, 5) is 28.0. The lowest BCUT2D eigenvalue weighted by Gasteiger charge is -2.36. The summed E-state index contributed by atoms with van der Waals surface area (Å²) >= 11 is 0. The molecular formula is C16H29N3O2. The molecule has 21 heavy (non-hydrogen) atoms. The topological polar surface area (TPSA) is 52.7 Å². The SMILES string of the molecule is CC1CCN(C(=O)NC2CCN(C(=O)C(C)C)CC2)CC1. The number of hydrogen-bond donors (Lipinski definition) is 1. The summed E-state index contributed by atoms with van der Waals surface area (Å²) in [5.41, 5.74) is 0. The van der Waals surface area contributed by atoms with E-state index in [1.54, 1.807) is 0 Å². The first kappa shape index (κ1) is 16.1. The molecule has 0 aliphatic carbocycles. The van der Waals surface area contributed by atoms with Crippen molar-refractivity contribution >= 4 is 11.9 Å². The monoisotopic (exact) mass is 295 g/mol. The maximum absolute atomic E-state index is 12.2. The Kier molecular flexibility index (Phi) is 5.48. The van der Waals surface area contributed by atoms with Crippen LogP contribution in [-0.2, 0) is 4.79 Å². The molecule has 5 nitrogen and oxygen atoms in total. The van der Waals surface area contributed by atoms with Crippen LogP contribution in [0.25, 0.3) is 0 Å². The summed E-state index contributed by atoms with van der Waals surface area (Å²) in [5, 5.41) is 3.14. The second-order valence-corrected chi connectivity index (χ2v) is 6.87. The van der Waals surface area contributed by atoms with E-state index in [9.17, 15) is 9.59 Å². The van der Waals surface area contributed by atoms with Gasteiger partial charge in [-0.05, 0) is 31.6 Å². The highest BCUT2D eigenvalue weighted by Gasteiger charge is 2.27. The zero-order valence-corrected chi connectivity index (χ0v) is 13.6. The van der Waals surface area contributed by atoms with E-state index in [-0.39, 0.29) is 23.9 Å². The van der Waals surface area contributed by atoms with Gasteiger partial charge in [-0.2, -0.15) is 0 Å². The molecule has 0 radical (unpaired) electrons. The molecule has 0 aromatic rings. The molecule has 2 rings (SSSR count). The Morgan fingerprint density at radius 1 is 0.952 bits per heavy atom. The van der Waals surface area contributed by atoms with Gasteiger partial charge < -0.3 is 15.1 Å². The van der Waals surface area contributed by atoms with Gasteiger partial charge >= 0.3 is 6.03 Å². The van der Waals surface area contributed by atoms with Crippen LogP contribution in [0.15, 0.2) is 0 Å². The van der Waals surface area contributed by atoms with Crippen molar-refractivity contribution in [3.05, 3.63) is 0 Å². The highest BCUT2D eigenvalue weighted by Crippen LogP contribution is 2.17. The van der Waals surface area contributed by atoms with E-state index in [0.717, 1.165) is 57.8 Å². The van der Waals surface area contributed by atoms with Crippen molar-refractivity contribution < 1.29 is 9.59 Å². The maximum Gasteiger partial charge on any atom is 0.317 e. The van der Waals surface area contributed by atoms with Crippen LogP contribution in [0, 0.1) is 11.8 Å². The number of amides is 3. The first-order valence-electron chi connectivity index (χ1n) is 8.31. The van der Waals surface area contributed by atoms with Gasteiger partial charge in [0.2, 0.25) is 5.91 Å². The van der Waals surface area contributed by atoms with E-state index in [1.807, 2.05) is 23.6 Å². The number of piperidine rings is 2. The highest BCUT2D eigenvalue weighted by atomic mass is 16.2. The maximum atomic E-state index is 12.2. The second kappa shape index (κ2) is 7.14. The molecule has 2 aliphatic heterocycles. The largest absolute Gasteiger partial charge is 0.342 e. The third kappa shape index (κ3) is 4.35. The minimum atomic E-state index is 0.0616. The summed E-state index contributed by atoms with van der Waals surface area (Å²) in [5.74, 6) is 1.02. The summed E-state index contributed by atoms with van der Waals surface area (Å²) in [6.45, 7) is 9.39. The number of carbonyl (C=O) groups is 2. The number of nitrogens with zero attached hydrogens (tertiary/aromatic N) is 2. The van der Waals surface area contributed by atoms with Crippen molar-refractivity contribution in [1.82, 2.24) is 15.1 Å². The van der Waals surface area contributed by atoms with Crippen molar-refractivity contribution in [3.63, 3.8) is 0 Å². The fourth-order valence-electron chi connectivity index (χ4n) is 3.09. The molecule has 2 saturated heterocycles. The third-order valence-electron chi connectivity index (χ3n) is 4.70. The molecule has 2 fully saturated rings. The smallest absolute Gasteiger partial charge is 0.317 e. The molecule has 2 heterocycles. The van der Waals surface area contributed by atoms with E-state index >= 15 is 0 Å². The first-order chi connectivity index (χ1) is 9.97. The van der Waals surface area contributed by atoms with Crippen LogP contribution in [0.5, 0.6) is 0 Å². The van der Waals surface area contributed by atoms with Crippen LogP contribution in [0.4, 0.5) is 4.79 Å². The van der Waals surface area contributed by atoms with Crippen LogP contribution in [-0.4, -0.2) is 54.0 Å². The van der Waals surface area contributed by atoms with Crippen LogP contribution >= 0.6 is 0 Å². The fourth-order valence-corrected chi connectivity index (χ4v) is 3.09. The van der Waals surface area contributed by atoms with Crippen molar-refractivity contribution in [3.8, 4) is 0 Å². The number of likely N-dealkylation sites (tertiary alicyclic amines) is 2. The molecular weight excluding hydrogens is 266 g/mol. The van der Waals surface area contributed by atoms with Crippen LogP contribution in [0.1, 0.15) is 46.5 Å². The molecule has 0 atom stereocenters. The number of rotatable bonds is 2. The van der Waals surface area contributed by atoms with Gasteiger partial charge in [0.15, 0.2) is 0 Å². The Labute approximate surface area is 128 Å². The molecule has 0 aromatic heterocycles. The summed E-state index contributed by atoms with van der Waals surface area (Å²) in [7, 11) is 0. The third-order valence-corrected chi connectivity index (χ3v) is 4.70. The average molecular weight is 295 g/mol. The standard InChI is InChI=1S/C16H29N3O2/c1-12(2)15(20)18-10-6-14(7-11-18)17-16(21)19-8-4-13(3)5-9-19/h12-14H,4-11H2,1-3H3,(H,17,21). The lowest BCUT2D eigenvalue weighted by atomic mass is 9.99. The van der Waals surface area contributed by atoms with Gasteiger partial charge in [0, 0.05) is 38.1 Å². The van der Waals surface area contributed by atoms with E-state index in [0.29, 0.717) is 0 Å². The lowest BCUT2D eigenvalue weighted by Crippen LogP contribution is -2.52. The van der Waals surface area contributed by atoms with Gasteiger partial charge in [0.1, 0.15) is 0 Å². The molecule has 0 aromatic carbocycles. The average Bonchev–Trinajstić information content (AvgIpc) is 2.47. The predicted molar refractivity (Wildman–Crippen MR) is 82.9 cm³/mol. The molecule has 0 saturated carbocycles. The van der Waals surface area contributed by atoms with Gasteiger partial charge in [-0.1, -0.05) is 20.8 Å². The molecule has 5 heteroatoms. The van der Waals surface area contributed by atoms with Crippen molar-refractivity contribution in [2.45, 2.75) is 52.5 Å². The molecule has 0 unspecified atom stereocenters. The van der Waals surface area contributed by atoms with Gasteiger partial charge in [-0.15, -0.1) is 0 Å². The number of nitrogens with one attached hydrogen (secondary N) is 1. The lowest BCUT2D eigenvalue weighted by molar-refractivity contribution is -0.135. The van der Waals surface area contributed by atoms with Gasteiger partial charge in [0.25, 0.3) is 0 Å². The van der Waals surface area contributed by atoms with Crippen LogP contribution < -0.4 is 5.32 Å². The Morgan fingerprint density at radius 3 is 2.00 bits per heavy atom. The zero-order valence-electron chi connectivity index (χ0n) is 13.6. The molecule has 0 spiro atoms. The van der Waals surface area contributed by atoms with E-state index in [2.05, 4.69) is 12.2 Å². The molecule has 3 amide bonds. The molecule has 2 aliphatic rings. The Balaban J connectivity index is 1.73. The molecule has 1 N–H and O–H groups in total. The second-order valence-electron chi connectivity index (χ2n) is 6.87. The first-order valence-corrected chi connectivity index (χ1v) is 8.31. The number of urea groups is 1. The minimum absolute atomic E-state index is 0.0616. The van der Waals surface area contributed by atoms with Crippen molar-refractivity contribution in [1.29, 1.82) is 0 Å². The summed E-state index contributed by atoms with van der Waals surface area (Å²) in [6.07, 6.45) is 3.95. The Hall–Kier alpha value is -1.26. The Morgan fingerprint density at radius 2 is 1.48 bits per heavy atom. The number of hydrogen-bond acceptors (Lipinski definition) is 2. The summed E-state index contributed by atoms with van der Waals surface area (Å²) in [6, 6.07) is 0.295. The van der Waals surface area contributed by atoms with E-state index in [1.165, 1.54) is 0 Å². The zero-order chi connectivity index (χ0) is 15.4. The van der Waals surface area contributed by atoms with Gasteiger partial charge in [-0.3, -0.25) is 4.79 Å². The number of carbonyl (C=O) groups excluding carboxylic acids is 2. The van der Waals surface area contributed by atoms with Gasteiger partial charge in [0.05, 0.1) is 0 Å². The highest BCUT2D eigenvalue weighted by molar-refractivity contribution is 5.78. The van der Waals surface area contributed by atoms with Gasteiger partial charge in [-0.25, -0.2) is 4.79 Å². The molecule has 120 valence electrons. The van der Waals surface area contributed by atoms with E-state index < -0.39 is 0 Å². The predicted octanol–water partition coefficient (Wildman–Crippen LogP) is 2.07. The quantitative estimate of drug-likeness (QED) is 0.848. The van der Waals surface area contributed by atoms with Crippen molar-refractivity contribution in [2.24, 2.45) is 11.8 Å². The van der Waals surface area contributed by atoms with Crippen LogP contribution in [0.3, 0.4) is 0 Å². The van der Waals surface area contributed by atoms with Crippen LogP contribution in [0.2, 0.25) is 0 Å². The molecule has 0 bridgehead atoms. The van der Waals surface area contributed by atoms with Crippen molar-refractivity contribution in [2.75, 3.05) is 26.2 Å². The fraction of sp³-hybridized carbons (Fsp3) is 0.875. The Bertz CT molecular complexity index is 368. The normalized spacial score (nSPS) is 21.7. The minimum Gasteiger partial charge on any atom is -0.342 e. The summed E-state index contributed by atoms with van der Waals surface area (Å²) < 4.78 is 0. The van der Waals surface area contributed by atoms with E-state index in [4.69, 9.17) is 0 Å².